The Hall–Kier alpha value is -1.13. The highest BCUT2D eigenvalue weighted by atomic mass is 35.5. The number of hydrogen-bond acceptors (Lipinski definition) is 3. The molecular formula is C12H17ClN2O2. The molecule has 0 saturated heterocycles. The molecule has 0 radical (unpaired) electrons. The SMILES string of the molecule is CC(C)CC(N)Cc1cc(Cl)ccc1[N+](=O)[O-]. The van der Waals surface area contributed by atoms with Gasteiger partial charge in [0.25, 0.3) is 5.69 Å². The fourth-order valence-electron chi connectivity index (χ4n) is 1.87. The molecule has 94 valence electrons. The molecule has 1 atom stereocenters. The summed E-state index contributed by atoms with van der Waals surface area (Å²) in [7, 11) is 0. The Morgan fingerprint density at radius 2 is 2.12 bits per heavy atom. The lowest BCUT2D eigenvalue weighted by Gasteiger charge is -2.14. The largest absolute Gasteiger partial charge is 0.327 e. The second kappa shape index (κ2) is 5.98. The Morgan fingerprint density at radius 1 is 1.47 bits per heavy atom. The molecule has 1 aromatic rings. The summed E-state index contributed by atoms with van der Waals surface area (Å²) in [4.78, 5) is 10.5. The molecule has 5 heteroatoms. The van der Waals surface area contributed by atoms with E-state index >= 15 is 0 Å². The Labute approximate surface area is 106 Å². The van der Waals surface area contributed by atoms with Crippen LogP contribution in [0.3, 0.4) is 0 Å². The first-order chi connectivity index (χ1) is 7.90. The Bertz CT molecular complexity index is 407. The summed E-state index contributed by atoms with van der Waals surface area (Å²) in [6, 6.07) is 4.50. The lowest BCUT2D eigenvalue weighted by molar-refractivity contribution is -0.385. The summed E-state index contributed by atoms with van der Waals surface area (Å²) in [6.07, 6.45) is 1.32. The highest BCUT2D eigenvalue weighted by molar-refractivity contribution is 6.30. The summed E-state index contributed by atoms with van der Waals surface area (Å²) in [5, 5.41) is 11.4. The first kappa shape index (κ1) is 13.9. The van der Waals surface area contributed by atoms with Crippen molar-refractivity contribution >= 4 is 17.3 Å². The molecule has 1 aromatic carbocycles. The second-order valence-electron chi connectivity index (χ2n) is 4.62. The number of rotatable bonds is 5. The average molecular weight is 257 g/mol. The molecule has 0 aliphatic rings. The Kier molecular flexibility index (Phi) is 4.90. The van der Waals surface area contributed by atoms with Gasteiger partial charge in [0.15, 0.2) is 0 Å². The molecule has 0 heterocycles. The number of halogens is 1. The third kappa shape index (κ3) is 4.32. The normalized spacial score (nSPS) is 12.8. The highest BCUT2D eigenvalue weighted by Gasteiger charge is 2.17. The van der Waals surface area contributed by atoms with Crippen LogP contribution in [0.25, 0.3) is 0 Å². The van der Waals surface area contributed by atoms with Gasteiger partial charge in [-0.15, -0.1) is 0 Å². The predicted octanol–water partition coefficient (Wildman–Crippen LogP) is 3.16. The molecule has 1 rings (SSSR count). The van der Waals surface area contributed by atoms with Gasteiger partial charge in [-0.3, -0.25) is 10.1 Å². The van der Waals surface area contributed by atoms with Crippen molar-refractivity contribution in [3.63, 3.8) is 0 Å². The molecule has 4 nitrogen and oxygen atoms in total. The van der Waals surface area contributed by atoms with E-state index in [9.17, 15) is 10.1 Å². The maximum absolute atomic E-state index is 10.9. The summed E-state index contributed by atoms with van der Waals surface area (Å²) < 4.78 is 0. The minimum absolute atomic E-state index is 0.0767. The van der Waals surface area contributed by atoms with Crippen molar-refractivity contribution in [1.29, 1.82) is 0 Å². The second-order valence-corrected chi connectivity index (χ2v) is 5.06. The first-order valence-corrected chi connectivity index (χ1v) is 5.96. The predicted molar refractivity (Wildman–Crippen MR) is 69.2 cm³/mol. The van der Waals surface area contributed by atoms with Crippen LogP contribution in [0.2, 0.25) is 5.02 Å². The Balaban J connectivity index is 2.88. The van der Waals surface area contributed by atoms with Gasteiger partial charge >= 0.3 is 0 Å². The van der Waals surface area contributed by atoms with Crippen LogP contribution in [0.15, 0.2) is 18.2 Å². The van der Waals surface area contributed by atoms with E-state index < -0.39 is 4.92 Å². The molecule has 1 unspecified atom stereocenters. The molecule has 0 saturated carbocycles. The molecular weight excluding hydrogens is 240 g/mol. The van der Waals surface area contributed by atoms with Crippen LogP contribution in [0.5, 0.6) is 0 Å². The summed E-state index contributed by atoms with van der Waals surface area (Å²) in [6.45, 7) is 4.15. The van der Waals surface area contributed by atoms with E-state index in [-0.39, 0.29) is 11.7 Å². The lowest BCUT2D eigenvalue weighted by atomic mass is 9.97. The fraction of sp³-hybridized carbons (Fsp3) is 0.500. The van der Waals surface area contributed by atoms with Gasteiger partial charge < -0.3 is 5.73 Å². The van der Waals surface area contributed by atoms with E-state index in [1.54, 1.807) is 6.07 Å². The van der Waals surface area contributed by atoms with Crippen LogP contribution < -0.4 is 5.73 Å². The number of nitrogens with zero attached hydrogens (tertiary/aromatic N) is 1. The average Bonchev–Trinajstić information content (AvgIpc) is 2.15. The zero-order valence-corrected chi connectivity index (χ0v) is 10.8. The maximum atomic E-state index is 10.9. The van der Waals surface area contributed by atoms with Crippen molar-refractivity contribution < 1.29 is 4.92 Å². The van der Waals surface area contributed by atoms with E-state index in [1.165, 1.54) is 12.1 Å². The van der Waals surface area contributed by atoms with Gasteiger partial charge in [-0.2, -0.15) is 0 Å². The van der Waals surface area contributed by atoms with Crippen molar-refractivity contribution in [2.24, 2.45) is 11.7 Å². The van der Waals surface area contributed by atoms with Crippen molar-refractivity contribution in [3.05, 3.63) is 38.9 Å². The van der Waals surface area contributed by atoms with Gasteiger partial charge in [-0.05, 0) is 30.9 Å². The molecule has 0 aliphatic carbocycles. The third-order valence-corrected chi connectivity index (χ3v) is 2.73. The van der Waals surface area contributed by atoms with Crippen LogP contribution >= 0.6 is 11.6 Å². The number of nitro benzene ring substituents is 1. The van der Waals surface area contributed by atoms with Crippen LogP contribution in [-0.4, -0.2) is 11.0 Å². The highest BCUT2D eigenvalue weighted by Crippen LogP contribution is 2.24. The number of benzene rings is 1. The molecule has 0 fully saturated rings. The minimum Gasteiger partial charge on any atom is -0.327 e. The standard InChI is InChI=1S/C12H17ClN2O2/c1-8(2)5-11(14)7-9-6-10(13)3-4-12(9)15(16)17/h3-4,6,8,11H,5,7,14H2,1-2H3. The molecule has 0 spiro atoms. The van der Waals surface area contributed by atoms with Gasteiger partial charge in [-0.25, -0.2) is 0 Å². The molecule has 0 amide bonds. The molecule has 17 heavy (non-hydrogen) atoms. The van der Waals surface area contributed by atoms with Gasteiger partial charge in [-0.1, -0.05) is 25.4 Å². The molecule has 0 aliphatic heterocycles. The maximum Gasteiger partial charge on any atom is 0.272 e. The smallest absolute Gasteiger partial charge is 0.272 e. The zero-order valence-electron chi connectivity index (χ0n) is 10.0. The number of nitrogens with two attached hydrogens (primary N) is 1. The minimum atomic E-state index is -0.395. The van der Waals surface area contributed by atoms with E-state index in [1.807, 2.05) is 0 Å². The number of hydrogen-bond donors (Lipinski definition) is 1. The summed E-state index contributed by atoms with van der Waals surface area (Å²) in [5.74, 6) is 0.475. The van der Waals surface area contributed by atoms with Gasteiger partial charge in [0.05, 0.1) is 4.92 Å². The summed E-state index contributed by atoms with van der Waals surface area (Å²) in [5.41, 5.74) is 6.66. The topological polar surface area (TPSA) is 69.2 Å². The van der Waals surface area contributed by atoms with Crippen LogP contribution in [0.4, 0.5) is 5.69 Å². The van der Waals surface area contributed by atoms with Gasteiger partial charge in [0.1, 0.15) is 0 Å². The Morgan fingerprint density at radius 3 is 2.65 bits per heavy atom. The number of nitro groups is 1. The van der Waals surface area contributed by atoms with Crippen LogP contribution in [-0.2, 0) is 6.42 Å². The van der Waals surface area contributed by atoms with Crippen molar-refractivity contribution in [2.45, 2.75) is 32.7 Å². The van der Waals surface area contributed by atoms with E-state index in [2.05, 4.69) is 13.8 Å². The van der Waals surface area contributed by atoms with Gasteiger partial charge in [0.2, 0.25) is 0 Å². The van der Waals surface area contributed by atoms with Crippen molar-refractivity contribution in [3.8, 4) is 0 Å². The van der Waals surface area contributed by atoms with Crippen LogP contribution in [0, 0.1) is 16.0 Å². The van der Waals surface area contributed by atoms with Crippen LogP contribution in [0.1, 0.15) is 25.8 Å². The zero-order chi connectivity index (χ0) is 13.0. The van der Waals surface area contributed by atoms with E-state index in [0.29, 0.717) is 22.9 Å². The quantitative estimate of drug-likeness (QED) is 0.650. The fourth-order valence-corrected chi connectivity index (χ4v) is 2.06. The monoisotopic (exact) mass is 256 g/mol. The van der Waals surface area contributed by atoms with Gasteiger partial charge in [0, 0.05) is 22.7 Å². The third-order valence-electron chi connectivity index (χ3n) is 2.49. The van der Waals surface area contributed by atoms with Crippen molar-refractivity contribution in [1.82, 2.24) is 0 Å². The van der Waals surface area contributed by atoms with Crippen molar-refractivity contribution in [2.75, 3.05) is 0 Å². The molecule has 0 aromatic heterocycles. The van der Waals surface area contributed by atoms with E-state index in [0.717, 1.165) is 6.42 Å². The first-order valence-electron chi connectivity index (χ1n) is 5.58. The lowest BCUT2D eigenvalue weighted by Crippen LogP contribution is -2.25. The molecule has 0 bridgehead atoms. The van der Waals surface area contributed by atoms with E-state index in [4.69, 9.17) is 17.3 Å². The molecule has 2 N–H and O–H groups in total. The summed E-state index contributed by atoms with van der Waals surface area (Å²) >= 11 is 5.85.